The van der Waals surface area contributed by atoms with E-state index < -0.39 is 0 Å². The molecule has 0 atom stereocenters. The first-order valence-electron chi connectivity index (χ1n) is 8.99. The number of benzene rings is 4. The summed E-state index contributed by atoms with van der Waals surface area (Å²) >= 11 is 0. The van der Waals surface area contributed by atoms with Gasteiger partial charge in [-0.05, 0) is 46.5 Å². The van der Waals surface area contributed by atoms with Crippen molar-refractivity contribution in [2.24, 2.45) is 0 Å². The molecule has 0 aliphatic heterocycles. The van der Waals surface area contributed by atoms with E-state index in [4.69, 9.17) is 0 Å². The van der Waals surface area contributed by atoms with Crippen LogP contribution in [0.1, 0.15) is 10.4 Å². The Hall–Kier alpha value is -3.65. The SMILES string of the molecule is O=Cc1cc(-c2ccccc2)cc2c1[nH]c1ccc(-c3ccccc3)cc12. The predicted octanol–water partition coefficient (Wildman–Crippen LogP) is 6.47. The minimum atomic E-state index is 0.684. The minimum absolute atomic E-state index is 0.684. The number of aldehydes is 1. The van der Waals surface area contributed by atoms with E-state index in [1.807, 2.05) is 42.5 Å². The van der Waals surface area contributed by atoms with E-state index in [-0.39, 0.29) is 0 Å². The van der Waals surface area contributed by atoms with Gasteiger partial charge in [0, 0.05) is 21.9 Å². The molecule has 0 bridgehead atoms. The Balaban J connectivity index is 1.80. The lowest BCUT2D eigenvalue weighted by molar-refractivity contribution is 0.112. The maximum absolute atomic E-state index is 11.7. The summed E-state index contributed by atoms with van der Waals surface area (Å²) in [6.45, 7) is 0. The van der Waals surface area contributed by atoms with E-state index in [0.29, 0.717) is 5.56 Å². The van der Waals surface area contributed by atoms with Crippen molar-refractivity contribution in [2.45, 2.75) is 0 Å². The monoisotopic (exact) mass is 347 g/mol. The van der Waals surface area contributed by atoms with Crippen LogP contribution in [-0.2, 0) is 0 Å². The molecule has 0 saturated heterocycles. The second-order valence-corrected chi connectivity index (χ2v) is 6.72. The van der Waals surface area contributed by atoms with Gasteiger partial charge in [0.2, 0.25) is 0 Å². The molecule has 1 heterocycles. The third-order valence-corrected chi connectivity index (χ3v) is 5.08. The third-order valence-electron chi connectivity index (χ3n) is 5.08. The maximum Gasteiger partial charge on any atom is 0.152 e. The summed E-state index contributed by atoms with van der Waals surface area (Å²) in [5.41, 5.74) is 7.13. The lowest BCUT2D eigenvalue weighted by atomic mass is 9.98. The predicted molar refractivity (Wildman–Crippen MR) is 112 cm³/mol. The number of hydrogen-bond donors (Lipinski definition) is 1. The highest BCUT2D eigenvalue weighted by molar-refractivity contribution is 6.14. The van der Waals surface area contributed by atoms with Gasteiger partial charge in [-0.3, -0.25) is 4.79 Å². The standard InChI is InChI=1S/C25H17NO/c27-16-21-13-20(18-9-5-2-6-10-18)15-23-22-14-19(17-7-3-1-4-8-17)11-12-24(22)26-25(21)23/h1-16,26H. The number of nitrogens with one attached hydrogen (secondary N) is 1. The van der Waals surface area contributed by atoms with Gasteiger partial charge in [-0.15, -0.1) is 0 Å². The minimum Gasteiger partial charge on any atom is -0.354 e. The van der Waals surface area contributed by atoms with Crippen LogP contribution in [0.2, 0.25) is 0 Å². The van der Waals surface area contributed by atoms with E-state index in [0.717, 1.165) is 39.2 Å². The van der Waals surface area contributed by atoms with E-state index in [9.17, 15) is 4.79 Å². The van der Waals surface area contributed by atoms with Crippen LogP contribution in [0.4, 0.5) is 0 Å². The number of hydrogen-bond acceptors (Lipinski definition) is 1. The molecule has 1 aromatic heterocycles. The molecule has 2 nitrogen and oxygen atoms in total. The topological polar surface area (TPSA) is 32.9 Å². The van der Waals surface area contributed by atoms with Crippen molar-refractivity contribution in [3.05, 3.63) is 96.6 Å². The first-order chi connectivity index (χ1) is 13.3. The third kappa shape index (κ3) is 2.63. The lowest BCUT2D eigenvalue weighted by Crippen LogP contribution is -1.86. The summed E-state index contributed by atoms with van der Waals surface area (Å²) in [7, 11) is 0. The van der Waals surface area contributed by atoms with Crippen LogP contribution in [0.3, 0.4) is 0 Å². The van der Waals surface area contributed by atoms with Crippen LogP contribution < -0.4 is 0 Å². The molecule has 1 N–H and O–H groups in total. The smallest absolute Gasteiger partial charge is 0.152 e. The summed E-state index contributed by atoms with van der Waals surface area (Å²) in [5.74, 6) is 0. The molecule has 5 rings (SSSR count). The molecule has 0 saturated carbocycles. The molecule has 0 amide bonds. The van der Waals surface area contributed by atoms with Crippen molar-refractivity contribution in [3.63, 3.8) is 0 Å². The molecule has 5 aromatic rings. The number of rotatable bonds is 3. The van der Waals surface area contributed by atoms with Gasteiger partial charge < -0.3 is 4.98 Å². The average molecular weight is 347 g/mol. The fourth-order valence-electron chi connectivity index (χ4n) is 3.73. The molecular formula is C25H17NO. The average Bonchev–Trinajstić information content (AvgIpc) is 3.12. The molecule has 0 aliphatic rings. The van der Waals surface area contributed by atoms with E-state index in [1.165, 1.54) is 11.1 Å². The zero-order valence-corrected chi connectivity index (χ0v) is 14.6. The Morgan fingerprint density at radius 3 is 1.89 bits per heavy atom. The zero-order valence-electron chi connectivity index (χ0n) is 14.6. The molecule has 27 heavy (non-hydrogen) atoms. The maximum atomic E-state index is 11.7. The quantitative estimate of drug-likeness (QED) is 0.373. The molecule has 128 valence electrons. The molecular weight excluding hydrogens is 330 g/mol. The van der Waals surface area contributed by atoms with Gasteiger partial charge in [0.05, 0.1) is 5.52 Å². The van der Waals surface area contributed by atoms with Gasteiger partial charge in [-0.2, -0.15) is 0 Å². The van der Waals surface area contributed by atoms with Crippen LogP contribution in [-0.4, -0.2) is 11.3 Å². The van der Waals surface area contributed by atoms with E-state index in [1.54, 1.807) is 0 Å². The van der Waals surface area contributed by atoms with Crippen LogP contribution >= 0.6 is 0 Å². The number of aromatic amines is 1. The highest BCUT2D eigenvalue weighted by Gasteiger charge is 2.12. The van der Waals surface area contributed by atoms with Gasteiger partial charge in [-0.1, -0.05) is 66.7 Å². The van der Waals surface area contributed by atoms with Crippen molar-refractivity contribution in [3.8, 4) is 22.3 Å². The lowest BCUT2D eigenvalue weighted by Gasteiger charge is -2.05. The second-order valence-electron chi connectivity index (χ2n) is 6.72. The van der Waals surface area contributed by atoms with Crippen molar-refractivity contribution >= 4 is 28.1 Å². The van der Waals surface area contributed by atoms with Crippen molar-refractivity contribution in [1.29, 1.82) is 0 Å². The first kappa shape index (κ1) is 15.6. The van der Waals surface area contributed by atoms with Crippen LogP contribution in [0.5, 0.6) is 0 Å². The summed E-state index contributed by atoms with van der Waals surface area (Å²) < 4.78 is 0. The van der Waals surface area contributed by atoms with Gasteiger partial charge in [0.1, 0.15) is 0 Å². The molecule has 2 heteroatoms. The van der Waals surface area contributed by atoms with Crippen LogP contribution in [0.25, 0.3) is 44.1 Å². The molecule has 0 aliphatic carbocycles. The van der Waals surface area contributed by atoms with Gasteiger partial charge in [0.15, 0.2) is 6.29 Å². The Morgan fingerprint density at radius 2 is 1.22 bits per heavy atom. The van der Waals surface area contributed by atoms with Crippen LogP contribution in [0.15, 0.2) is 91.0 Å². The van der Waals surface area contributed by atoms with Crippen molar-refractivity contribution in [1.82, 2.24) is 4.98 Å². The molecule has 0 fully saturated rings. The molecule has 0 spiro atoms. The summed E-state index contributed by atoms with van der Waals surface area (Å²) in [6, 6.07) is 31.1. The Labute approximate surface area is 157 Å². The number of fused-ring (bicyclic) bond motifs is 3. The highest BCUT2D eigenvalue weighted by atomic mass is 16.1. The Kier molecular flexibility index (Phi) is 3.61. The fourth-order valence-corrected chi connectivity index (χ4v) is 3.73. The summed E-state index contributed by atoms with van der Waals surface area (Å²) in [4.78, 5) is 15.2. The summed E-state index contributed by atoms with van der Waals surface area (Å²) in [5, 5.41) is 2.21. The van der Waals surface area contributed by atoms with Gasteiger partial charge in [0.25, 0.3) is 0 Å². The van der Waals surface area contributed by atoms with Crippen LogP contribution in [0, 0.1) is 0 Å². The zero-order chi connectivity index (χ0) is 18.2. The van der Waals surface area contributed by atoms with E-state index >= 15 is 0 Å². The fraction of sp³-hybridized carbons (Fsp3) is 0. The Bertz CT molecular complexity index is 1270. The van der Waals surface area contributed by atoms with Gasteiger partial charge >= 0.3 is 0 Å². The normalized spacial score (nSPS) is 11.1. The number of carbonyl (C=O) groups excluding carboxylic acids is 1. The number of aromatic nitrogens is 1. The van der Waals surface area contributed by atoms with E-state index in [2.05, 4.69) is 53.5 Å². The molecule has 0 unspecified atom stereocenters. The largest absolute Gasteiger partial charge is 0.354 e. The molecule has 4 aromatic carbocycles. The number of H-pyrrole nitrogens is 1. The first-order valence-corrected chi connectivity index (χ1v) is 8.99. The number of carbonyl (C=O) groups is 1. The highest BCUT2D eigenvalue weighted by Crippen LogP contribution is 2.34. The molecule has 0 radical (unpaired) electrons. The van der Waals surface area contributed by atoms with Gasteiger partial charge in [-0.25, -0.2) is 0 Å². The van der Waals surface area contributed by atoms with Crippen molar-refractivity contribution in [2.75, 3.05) is 0 Å². The second kappa shape index (κ2) is 6.26. The Morgan fingerprint density at radius 1 is 0.593 bits per heavy atom. The summed E-state index contributed by atoms with van der Waals surface area (Å²) in [6.07, 6.45) is 0.933. The van der Waals surface area contributed by atoms with Crippen molar-refractivity contribution < 1.29 is 4.79 Å².